The first kappa shape index (κ1) is 8.03. The Hall–Kier alpha value is -1.59. The first-order valence-corrected chi connectivity index (χ1v) is 3.43. The van der Waals surface area contributed by atoms with Crippen LogP contribution in [0.5, 0.6) is 0 Å². The molecule has 0 aliphatic rings. The van der Waals surface area contributed by atoms with E-state index in [1.165, 1.54) is 16.8 Å². The van der Waals surface area contributed by atoms with Gasteiger partial charge in [-0.2, -0.15) is 13.2 Å². The van der Waals surface area contributed by atoms with Crippen molar-refractivity contribution in [2.75, 3.05) is 0 Å². The average Bonchev–Trinajstić information content (AvgIpc) is 2.47. The predicted octanol–water partition coefficient (Wildman–Crippen LogP) is 1.75. The lowest BCUT2D eigenvalue weighted by molar-refractivity contribution is -0.141. The standard InChI is InChI=1S/C7H4F3N3/c8-7(9,10)5-4-13-2-1-11-6(13)3-12-5/h1-4H. The molecule has 2 aromatic rings. The Morgan fingerprint density at radius 1 is 1.23 bits per heavy atom. The summed E-state index contributed by atoms with van der Waals surface area (Å²) in [6.07, 6.45) is 0.438. The molecule has 0 aromatic carbocycles. The number of aromatic nitrogens is 3. The summed E-state index contributed by atoms with van der Waals surface area (Å²) in [5, 5.41) is 0. The Kier molecular flexibility index (Phi) is 1.51. The van der Waals surface area contributed by atoms with Crippen molar-refractivity contribution in [1.82, 2.24) is 14.4 Å². The third-order valence-electron chi connectivity index (χ3n) is 1.57. The Labute approximate surface area is 70.9 Å². The van der Waals surface area contributed by atoms with E-state index in [0.29, 0.717) is 5.65 Å². The van der Waals surface area contributed by atoms with E-state index in [1.807, 2.05) is 0 Å². The molecule has 13 heavy (non-hydrogen) atoms. The average molecular weight is 187 g/mol. The summed E-state index contributed by atoms with van der Waals surface area (Å²) in [5.41, 5.74) is -0.522. The Balaban J connectivity index is 2.61. The highest BCUT2D eigenvalue weighted by Gasteiger charge is 2.32. The molecule has 0 amide bonds. The zero-order valence-electron chi connectivity index (χ0n) is 6.28. The van der Waals surface area contributed by atoms with Crippen molar-refractivity contribution in [1.29, 1.82) is 0 Å². The molecule has 3 nitrogen and oxygen atoms in total. The fraction of sp³-hybridized carbons (Fsp3) is 0.143. The number of rotatable bonds is 0. The number of hydrogen-bond donors (Lipinski definition) is 0. The van der Waals surface area contributed by atoms with Gasteiger partial charge in [-0.15, -0.1) is 0 Å². The van der Waals surface area contributed by atoms with Crippen LogP contribution in [0.15, 0.2) is 24.8 Å². The van der Waals surface area contributed by atoms with Crippen molar-refractivity contribution in [2.45, 2.75) is 6.18 Å². The van der Waals surface area contributed by atoms with Crippen LogP contribution < -0.4 is 0 Å². The molecule has 0 N–H and O–H groups in total. The van der Waals surface area contributed by atoms with Gasteiger partial charge in [0.25, 0.3) is 0 Å². The van der Waals surface area contributed by atoms with E-state index in [2.05, 4.69) is 9.97 Å². The summed E-state index contributed by atoms with van der Waals surface area (Å²) in [4.78, 5) is 7.02. The van der Waals surface area contributed by atoms with E-state index in [0.717, 1.165) is 12.4 Å². The second kappa shape index (κ2) is 2.45. The lowest BCUT2D eigenvalue weighted by atomic mass is 10.4. The zero-order valence-corrected chi connectivity index (χ0v) is 6.28. The van der Waals surface area contributed by atoms with Gasteiger partial charge in [-0.3, -0.25) is 0 Å². The maximum Gasteiger partial charge on any atom is 0.434 e. The molecule has 0 atom stereocenters. The second-order valence-corrected chi connectivity index (χ2v) is 2.46. The minimum absolute atomic E-state index is 0.396. The van der Waals surface area contributed by atoms with Gasteiger partial charge < -0.3 is 4.40 Å². The first-order valence-electron chi connectivity index (χ1n) is 3.43. The maximum atomic E-state index is 12.1. The fourth-order valence-electron chi connectivity index (χ4n) is 0.972. The fourth-order valence-corrected chi connectivity index (χ4v) is 0.972. The van der Waals surface area contributed by atoms with Crippen molar-refractivity contribution in [2.24, 2.45) is 0 Å². The zero-order chi connectivity index (χ0) is 9.47. The van der Waals surface area contributed by atoms with E-state index in [-0.39, 0.29) is 0 Å². The third kappa shape index (κ3) is 1.34. The van der Waals surface area contributed by atoms with E-state index in [9.17, 15) is 13.2 Å². The number of halogens is 3. The van der Waals surface area contributed by atoms with Crippen LogP contribution in [-0.4, -0.2) is 14.4 Å². The number of alkyl halides is 3. The molecular formula is C7H4F3N3. The second-order valence-electron chi connectivity index (χ2n) is 2.46. The summed E-state index contributed by atoms with van der Waals surface area (Å²) in [6, 6.07) is 0. The van der Waals surface area contributed by atoms with Crippen LogP contribution in [0.1, 0.15) is 5.69 Å². The van der Waals surface area contributed by atoms with E-state index in [1.54, 1.807) is 0 Å². The smallest absolute Gasteiger partial charge is 0.304 e. The van der Waals surface area contributed by atoms with Gasteiger partial charge in [0.15, 0.2) is 11.3 Å². The Morgan fingerprint density at radius 3 is 2.69 bits per heavy atom. The van der Waals surface area contributed by atoms with Crippen LogP contribution in [-0.2, 0) is 6.18 Å². The minimum Gasteiger partial charge on any atom is -0.304 e. The van der Waals surface area contributed by atoms with Crippen molar-refractivity contribution < 1.29 is 13.2 Å². The summed E-state index contributed by atoms with van der Waals surface area (Å²) in [5.74, 6) is 0. The summed E-state index contributed by atoms with van der Waals surface area (Å²) >= 11 is 0. The Morgan fingerprint density at radius 2 is 2.00 bits per heavy atom. The van der Waals surface area contributed by atoms with Gasteiger partial charge in [0.2, 0.25) is 0 Å². The molecule has 0 aliphatic heterocycles. The van der Waals surface area contributed by atoms with Crippen molar-refractivity contribution in [3.05, 3.63) is 30.5 Å². The molecule has 0 spiro atoms. The first-order chi connectivity index (χ1) is 6.07. The van der Waals surface area contributed by atoms with Gasteiger partial charge in [-0.25, -0.2) is 9.97 Å². The third-order valence-corrected chi connectivity index (χ3v) is 1.57. The van der Waals surface area contributed by atoms with Gasteiger partial charge in [-0.1, -0.05) is 0 Å². The normalized spacial score (nSPS) is 12.2. The van der Waals surface area contributed by atoms with Crippen LogP contribution in [0.25, 0.3) is 5.65 Å². The molecule has 2 heterocycles. The molecule has 0 saturated heterocycles. The summed E-state index contributed by atoms with van der Waals surface area (Å²) in [6.45, 7) is 0. The molecular weight excluding hydrogens is 183 g/mol. The minimum atomic E-state index is -4.40. The number of imidazole rings is 1. The number of nitrogens with zero attached hydrogens (tertiary/aromatic N) is 3. The molecule has 0 radical (unpaired) electrons. The molecule has 2 aromatic heterocycles. The molecule has 2 rings (SSSR count). The largest absolute Gasteiger partial charge is 0.434 e. The molecule has 0 fully saturated rings. The lowest BCUT2D eigenvalue weighted by Crippen LogP contribution is -2.08. The van der Waals surface area contributed by atoms with E-state index in [4.69, 9.17) is 0 Å². The molecule has 0 saturated carbocycles. The number of hydrogen-bond acceptors (Lipinski definition) is 2. The topological polar surface area (TPSA) is 30.2 Å². The Bertz CT molecular complexity index is 432. The molecule has 0 bridgehead atoms. The van der Waals surface area contributed by atoms with Gasteiger partial charge in [0, 0.05) is 18.6 Å². The van der Waals surface area contributed by atoms with Crippen molar-refractivity contribution >= 4 is 5.65 Å². The van der Waals surface area contributed by atoms with Crippen LogP contribution in [0.4, 0.5) is 13.2 Å². The van der Waals surface area contributed by atoms with Crippen LogP contribution >= 0.6 is 0 Å². The highest BCUT2D eigenvalue weighted by molar-refractivity contribution is 5.35. The van der Waals surface area contributed by atoms with Crippen molar-refractivity contribution in [3.63, 3.8) is 0 Å². The number of fused-ring (bicyclic) bond motifs is 1. The van der Waals surface area contributed by atoms with Gasteiger partial charge in [0.05, 0.1) is 6.20 Å². The van der Waals surface area contributed by atoms with Gasteiger partial charge in [0.1, 0.15) is 0 Å². The SMILES string of the molecule is FC(F)(F)c1cn2ccnc2cn1. The maximum absolute atomic E-state index is 12.1. The molecule has 68 valence electrons. The predicted molar refractivity (Wildman–Crippen MR) is 38.0 cm³/mol. The quantitative estimate of drug-likeness (QED) is 0.628. The summed E-state index contributed by atoms with van der Waals surface area (Å²) in [7, 11) is 0. The highest BCUT2D eigenvalue weighted by Crippen LogP contribution is 2.26. The highest BCUT2D eigenvalue weighted by atomic mass is 19.4. The molecule has 0 aliphatic carbocycles. The van der Waals surface area contributed by atoms with E-state index >= 15 is 0 Å². The van der Waals surface area contributed by atoms with Gasteiger partial charge in [-0.05, 0) is 0 Å². The van der Waals surface area contributed by atoms with E-state index < -0.39 is 11.9 Å². The van der Waals surface area contributed by atoms with Gasteiger partial charge >= 0.3 is 6.18 Å². The van der Waals surface area contributed by atoms with Crippen LogP contribution in [0.3, 0.4) is 0 Å². The molecule has 0 unspecified atom stereocenters. The van der Waals surface area contributed by atoms with Crippen molar-refractivity contribution in [3.8, 4) is 0 Å². The van der Waals surface area contributed by atoms with Crippen LogP contribution in [0, 0.1) is 0 Å². The lowest BCUT2D eigenvalue weighted by Gasteiger charge is -2.04. The van der Waals surface area contributed by atoms with Crippen LogP contribution in [0.2, 0.25) is 0 Å². The summed E-state index contributed by atoms with van der Waals surface area (Å²) < 4.78 is 37.7. The molecule has 6 heteroatoms. The monoisotopic (exact) mass is 187 g/mol.